The van der Waals surface area contributed by atoms with E-state index in [1.54, 1.807) is 13.4 Å². The molecule has 1 aliphatic carbocycles. The lowest BCUT2D eigenvalue weighted by Gasteiger charge is -2.36. The summed E-state index contributed by atoms with van der Waals surface area (Å²) in [6, 6.07) is 7.64. The van der Waals surface area contributed by atoms with Crippen molar-refractivity contribution in [2.24, 2.45) is 0 Å². The topological polar surface area (TPSA) is 50.3 Å². The molecule has 1 aromatic carbocycles. The summed E-state index contributed by atoms with van der Waals surface area (Å²) < 4.78 is 5.58. The predicted molar refractivity (Wildman–Crippen MR) is 110 cm³/mol. The van der Waals surface area contributed by atoms with Crippen molar-refractivity contribution in [1.82, 2.24) is 20.2 Å². The number of ether oxygens (including phenoxy) is 1. The van der Waals surface area contributed by atoms with E-state index in [4.69, 9.17) is 4.74 Å². The van der Waals surface area contributed by atoms with Gasteiger partial charge in [0.25, 0.3) is 0 Å². The maximum atomic E-state index is 5.58. The van der Waals surface area contributed by atoms with Gasteiger partial charge < -0.3 is 15.0 Å². The van der Waals surface area contributed by atoms with Crippen molar-refractivity contribution in [3.63, 3.8) is 0 Å². The molecule has 5 heteroatoms. The Balaban J connectivity index is 1.61. The third kappa shape index (κ3) is 5.05. The molecule has 2 aromatic rings. The van der Waals surface area contributed by atoms with E-state index in [1.807, 2.05) is 18.5 Å². The van der Waals surface area contributed by atoms with E-state index in [1.165, 1.54) is 31.2 Å². The monoisotopic (exact) mass is 368 g/mol. The predicted octanol–water partition coefficient (Wildman–Crippen LogP) is 3.89. The van der Waals surface area contributed by atoms with Crippen molar-refractivity contribution in [1.29, 1.82) is 0 Å². The van der Waals surface area contributed by atoms with Crippen molar-refractivity contribution < 1.29 is 4.74 Å². The Morgan fingerprint density at radius 3 is 2.37 bits per heavy atom. The van der Waals surface area contributed by atoms with Crippen LogP contribution in [0.2, 0.25) is 0 Å². The van der Waals surface area contributed by atoms with Crippen LogP contribution in [0.4, 0.5) is 0 Å². The highest BCUT2D eigenvalue weighted by molar-refractivity contribution is 5.64. The summed E-state index contributed by atoms with van der Waals surface area (Å²) in [6.45, 7) is 7.68. The molecule has 0 aliphatic heterocycles. The molecule has 27 heavy (non-hydrogen) atoms. The third-order valence-corrected chi connectivity index (χ3v) is 5.78. The first-order valence-corrected chi connectivity index (χ1v) is 10.1. The van der Waals surface area contributed by atoms with Crippen molar-refractivity contribution in [3.05, 3.63) is 42.5 Å². The van der Waals surface area contributed by atoms with Crippen LogP contribution in [-0.4, -0.2) is 47.2 Å². The first kappa shape index (κ1) is 19.8. The van der Waals surface area contributed by atoms with Gasteiger partial charge in [-0.05, 0) is 56.5 Å². The number of nitrogens with zero attached hydrogens (tertiary/aromatic N) is 3. The van der Waals surface area contributed by atoms with Crippen molar-refractivity contribution >= 4 is 0 Å². The molecule has 0 radical (unpaired) electrons. The third-order valence-electron chi connectivity index (χ3n) is 5.78. The van der Waals surface area contributed by atoms with E-state index in [2.05, 4.69) is 46.2 Å². The molecule has 5 nitrogen and oxygen atoms in total. The molecule has 0 atom stereocenters. The molecule has 146 valence electrons. The lowest BCUT2D eigenvalue weighted by Crippen LogP contribution is -2.42. The minimum Gasteiger partial charge on any atom is -0.496 e. The maximum absolute atomic E-state index is 5.58. The summed E-state index contributed by atoms with van der Waals surface area (Å²) in [4.78, 5) is 10.9. The summed E-state index contributed by atoms with van der Waals surface area (Å²) >= 11 is 0. The molecule has 1 heterocycles. The second-order valence-electron chi connectivity index (χ2n) is 7.26. The number of hydrogen-bond donors (Lipinski definition) is 1. The molecule has 1 aromatic heterocycles. The number of aromatic nitrogens is 2. The summed E-state index contributed by atoms with van der Waals surface area (Å²) in [6.07, 6.45) is 10.3. The Morgan fingerprint density at radius 1 is 1.04 bits per heavy atom. The van der Waals surface area contributed by atoms with Gasteiger partial charge in [-0.2, -0.15) is 0 Å². The second-order valence-corrected chi connectivity index (χ2v) is 7.26. The highest BCUT2D eigenvalue weighted by Gasteiger charge is 2.24. The summed E-state index contributed by atoms with van der Waals surface area (Å²) in [7, 11) is 1.74. The minimum absolute atomic E-state index is 0.588. The zero-order chi connectivity index (χ0) is 19.1. The van der Waals surface area contributed by atoms with Gasteiger partial charge in [0.15, 0.2) is 0 Å². The standard InChI is InChI=1S/C22H32N4O/c1-4-26(5-2)21-9-7-20(8-10-21)25-15-18-12-17(6-11-22(18)27-3)19-13-23-16-24-14-19/h6,11-14,16,20-21,25H,4-5,7-10,15H2,1-3H3. The van der Waals surface area contributed by atoms with Gasteiger partial charge in [0.1, 0.15) is 12.1 Å². The van der Waals surface area contributed by atoms with Crippen molar-refractivity contribution in [2.45, 2.75) is 58.2 Å². The number of nitrogens with one attached hydrogen (secondary N) is 1. The van der Waals surface area contributed by atoms with Gasteiger partial charge in [0.05, 0.1) is 7.11 Å². The van der Waals surface area contributed by atoms with Gasteiger partial charge in [0, 0.05) is 42.1 Å². The highest BCUT2D eigenvalue weighted by atomic mass is 16.5. The summed E-state index contributed by atoms with van der Waals surface area (Å²) in [5.41, 5.74) is 3.34. The largest absolute Gasteiger partial charge is 0.496 e. The fraction of sp³-hybridized carbons (Fsp3) is 0.545. The number of hydrogen-bond acceptors (Lipinski definition) is 5. The lowest BCUT2D eigenvalue weighted by atomic mass is 9.90. The molecule has 0 spiro atoms. The number of methoxy groups -OCH3 is 1. The lowest BCUT2D eigenvalue weighted by molar-refractivity contribution is 0.156. The van der Waals surface area contributed by atoms with Gasteiger partial charge in [-0.25, -0.2) is 9.97 Å². The molecule has 1 saturated carbocycles. The summed E-state index contributed by atoms with van der Waals surface area (Å²) in [5, 5.41) is 3.76. The van der Waals surface area contributed by atoms with Crippen LogP contribution in [0.25, 0.3) is 11.1 Å². The fourth-order valence-electron chi connectivity index (χ4n) is 4.18. The van der Waals surface area contributed by atoms with Gasteiger partial charge >= 0.3 is 0 Å². The van der Waals surface area contributed by atoms with E-state index >= 15 is 0 Å². The van der Waals surface area contributed by atoms with Gasteiger partial charge in [0.2, 0.25) is 0 Å². The smallest absolute Gasteiger partial charge is 0.123 e. The van der Waals surface area contributed by atoms with Crippen molar-refractivity contribution in [2.75, 3.05) is 20.2 Å². The average molecular weight is 369 g/mol. The number of rotatable bonds is 8. The van der Waals surface area contributed by atoms with Crippen LogP contribution in [0.1, 0.15) is 45.1 Å². The van der Waals surface area contributed by atoms with Crippen LogP contribution in [0.5, 0.6) is 5.75 Å². The Labute approximate surface area is 163 Å². The SMILES string of the molecule is CCN(CC)C1CCC(NCc2cc(-c3cncnc3)ccc2OC)CC1. The van der Waals surface area contributed by atoms with Crippen LogP contribution in [0, 0.1) is 0 Å². The van der Waals surface area contributed by atoms with Crippen LogP contribution >= 0.6 is 0 Å². The molecule has 1 aliphatic rings. The second kappa shape index (κ2) is 9.81. The molecule has 1 fully saturated rings. The van der Waals surface area contributed by atoms with E-state index in [9.17, 15) is 0 Å². The molecule has 0 bridgehead atoms. The maximum Gasteiger partial charge on any atom is 0.123 e. The van der Waals surface area contributed by atoms with E-state index in [-0.39, 0.29) is 0 Å². The van der Waals surface area contributed by atoms with Crippen LogP contribution in [0.3, 0.4) is 0 Å². The van der Waals surface area contributed by atoms with E-state index in [0.717, 1.165) is 42.6 Å². The van der Waals surface area contributed by atoms with Gasteiger partial charge in [-0.3, -0.25) is 0 Å². The van der Waals surface area contributed by atoms with E-state index in [0.29, 0.717) is 6.04 Å². The van der Waals surface area contributed by atoms with Gasteiger partial charge in [-0.1, -0.05) is 19.9 Å². The fourth-order valence-corrected chi connectivity index (χ4v) is 4.18. The molecular weight excluding hydrogens is 336 g/mol. The minimum atomic E-state index is 0.588. The highest BCUT2D eigenvalue weighted by Crippen LogP contribution is 2.27. The van der Waals surface area contributed by atoms with Crippen molar-refractivity contribution in [3.8, 4) is 16.9 Å². The normalized spacial score (nSPS) is 20.0. The average Bonchev–Trinajstić information content (AvgIpc) is 2.74. The quantitative estimate of drug-likeness (QED) is 0.766. The first-order valence-electron chi connectivity index (χ1n) is 10.1. The zero-order valence-corrected chi connectivity index (χ0v) is 16.8. The first-order chi connectivity index (χ1) is 13.2. The van der Waals surface area contributed by atoms with Gasteiger partial charge in [-0.15, -0.1) is 0 Å². The Morgan fingerprint density at radius 2 is 1.74 bits per heavy atom. The Hall–Kier alpha value is -1.98. The molecule has 1 N–H and O–H groups in total. The molecular formula is C22H32N4O. The van der Waals surface area contributed by atoms with Crippen LogP contribution in [-0.2, 0) is 6.54 Å². The van der Waals surface area contributed by atoms with Crippen LogP contribution in [0.15, 0.2) is 36.9 Å². The number of benzene rings is 1. The van der Waals surface area contributed by atoms with E-state index < -0.39 is 0 Å². The molecule has 3 rings (SSSR count). The Bertz CT molecular complexity index is 695. The summed E-state index contributed by atoms with van der Waals surface area (Å²) in [5.74, 6) is 0.930. The molecule has 0 saturated heterocycles. The van der Waals surface area contributed by atoms with Crippen LogP contribution < -0.4 is 10.1 Å². The molecule has 0 unspecified atom stereocenters. The Kier molecular flexibility index (Phi) is 7.18. The molecule has 0 amide bonds. The zero-order valence-electron chi connectivity index (χ0n) is 16.8.